The third kappa shape index (κ3) is 3.07. The number of benzene rings is 1. The van der Waals surface area contributed by atoms with Crippen molar-refractivity contribution in [2.75, 3.05) is 13.1 Å². The van der Waals surface area contributed by atoms with Crippen LogP contribution in [0.5, 0.6) is 0 Å². The summed E-state index contributed by atoms with van der Waals surface area (Å²) >= 11 is 1.90. The highest BCUT2D eigenvalue weighted by molar-refractivity contribution is 7.11. The van der Waals surface area contributed by atoms with Crippen molar-refractivity contribution in [3.63, 3.8) is 0 Å². The van der Waals surface area contributed by atoms with Gasteiger partial charge in [-0.05, 0) is 19.1 Å². The van der Waals surface area contributed by atoms with Crippen molar-refractivity contribution >= 4 is 11.3 Å². The fraction of sp³-hybridized carbons (Fsp3) is 0.333. The Balaban J connectivity index is 1.52. The lowest BCUT2D eigenvalue weighted by molar-refractivity contribution is 0.273. The van der Waals surface area contributed by atoms with E-state index in [1.165, 1.54) is 9.75 Å². The Bertz CT molecular complexity index is 790. The SMILES string of the molecule is Cc1ccc(CN2CCc3nnc(-c4ccccc4)n3CC2)s1. The minimum atomic E-state index is 0.955. The maximum absolute atomic E-state index is 4.43. The quantitative estimate of drug-likeness (QED) is 0.741. The molecule has 4 nitrogen and oxygen atoms in total. The second-order valence-electron chi connectivity index (χ2n) is 6.00. The molecule has 0 saturated heterocycles. The maximum Gasteiger partial charge on any atom is 0.164 e. The lowest BCUT2D eigenvalue weighted by atomic mass is 10.2. The third-order valence-electron chi connectivity index (χ3n) is 4.33. The highest BCUT2D eigenvalue weighted by Crippen LogP contribution is 2.22. The van der Waals surface area contributed by atoms with Gasteiger partial charge in [-0.1, -0.05) is 30.3 Å². The topological polar surface area (TPSA) is 34.0 Å². The number of rotatable bonds is 3. The van der Waals surface area contributed by atoms with Crippen molar-refractivity contribution in [1.29, 1.82) is 0 Å². The number of thiophene rings is 1. The number of fused-ring (bicyclic) bond motifs is 1. The van der Waals surface area contributed by atoms with Crippen LogP contribution in [0.3, 0.4) is 0 Å². The van der Waals surface area contributed by atoms with Gasteiger partial charge in [0.2, 0.25) is 0 Å². The summed E-state index contributed by atoms with van der Waals surface area (Å²) in [6.07, 6.45) is 0.962. The zero-order chi connectivity index (χ0) is 15.6. The molecule has 0 atom stereocenters. The lowest BCUT2D eigenvalue weighted by Crippen LogP contribution is -2.26. The van der Waals surface area contributed by atoms with Gasteiger partial charge in [0.1, 0.15) is 5.82 Å². The number of hydrogen-bond donors (Lipinski definition) is 0. The van der Waals surface area contributed by atoms with E-state index in [-0.39, 0.29) is 0 Å². The molecule has 0 N–H and O–H groups in total. The minimum absolute atomic E-state index is 0.955. The van der Waals surface area contributed by atoms with Crippen LogP contribution in [0, 0.1) is 6.92 Å². The summed E-state index contributed by atoms with van der Waals surface area (Å²) in [6, 6.07) is 14.8. The predicted molar refractivity (Wildman–Crippen MR) is 93.5 cm³/mol. The first kappa shape index (κ1) is 14.6. The first-order valence-electron chi connectivity index (χ1n) is 8.05. The Hall–Kier alpha value is -1.98. The summed E-state index contributed by atoms with van der Waals surface area (Å²) in [5, 5.41) is 8.85. The van der Waals surface area contributed by atoms with Crippen molar-refractivity contribution in [1.82, 2.24) is 19.7 Å². The van der Waals surface area contributed by atoms with E-state index in [1.54, 1.807) is 0 Å². The molecule has 4 rings (SSSR count). The van der Waals surface area contributed by atoms with E-state index in [1.807, 2.05) is 17.4 Å². The molecule has 0 saturated carbocycles. The highest BCUT2D eigenvalue weighted by Gasteiger charge is 2.19. The molecule has 0 radical (unpaired) electrons. The Morgan fingerprint density at radius 3 is 2.65 bits per heavy atom. The van der Waals surface area contributed by atoms with E-state index < -0.39 is 0 Å². The number of nitrogens with zero attached hydrogens (tertiary/aromatic N) is 4. The zero-order valence-corrected chi connectivity index (χ0v) is 14.1. The smallest absolute Gasteiger partial charge is 0.164 e. The fourth-order valence-electron chi connectivity index (χ4n) is 3.12. The van der Waals surface area contributed by atoms with Crippen molar-refractivity contribution in [3.05, 3.63) is 58.0 Å². The molecular formula is C18H20N4S. The van der Waals surface area contributed by atoms with E-state index in [0.717, 1.165) is 49.8 Å². The Morgan fingerprint density at radius 1 is 1.00 bits per heavy atom. The normalized spacial score (nSPS) is 15.3. The van der Waals surface area contributed by atoms with Gasteiger partial charge in [0.15, 0.2) is 5.82 Å². The van der Waals surface area contributed by atoms with Crippen LogP contribution in [0.1, 0.15) is 15.6 Å². The van der Waals surface area contributed by atoms with Crippen LogP contribution in [0.2, 0.25) is 0 Å². The average Bonchev–Trinajstić information content (AvgIpc) is 3.11. The number of aromatic nitrogens is 3. The monoisotopic (exact) mass is 324 g/mol. The molecule has 1 aliphatic heterocycles. The standard InChI is InChI=1S/C18H20N4S/c1-14-7-8-16(23-14)13-21-10-9-17-19-20-18(22(17)12-11-21)15-5-3-2-4-6-15/h2-8H,9-13H2,1H3. The third-order valence-corrected chi connectivity index (χ3v) is 5.31. The molecular weight excluding hydrogens is 304 g/mol. The van der Waals surface area contributed by atoms with Gasteiger partial charge in [-0.3, -0.25) is 4.90 Å². The van der Waals surface area contributed by atoms with Crippen LogP contribution in [-0.4, -0.2) is 32.8 Å². The maximum atomic E-state index is 4.43. The van der Waals surface area contributed by atoms with Crippen molar-refractivity contribution in [3.8, 4) is 11.4 Å². The number of aryl methyl sites for hydroxylation is 1. The molecule has 0 fully saturated rings. The molecule has 2 aromatic heterocycles. The van der Waals surface area contributed by atoms with Gasteiger partial charge in [0.05, 0.1) is 0 Å². The molecule has 0 bridgehead atoms. The molecule has 0 unspecified atom stereocenters. The average molecular weight is 324 g/mol. The van der Waals surface area contributed by atoms with Crippen LogP contribution in [-0.2, 0) is 19.5 Å². The second kappa shape index (κ2) is 6.26. The molecule has 5 heteroatoms. The van der Waals surface area contributed by atoms with Crippen LogP contribution in [0.4, 0.5) is 0 Å². The van der Waals surface area contributed by atoms with Gasteiger partial charge < -0.3 is 4.57 Å². The van der Waals surface area contributed by atoms with E-state index in [4.69, 9.17) is 0 Å². The van der Waals surface area contributed by atoms with Gasteiger partial charge in [-0.2, -0.15) is 0 Å². The Morgan fingerprint density at radius 2 is 1.87 bits per heavy atom. The first-order chi connectivity index (χ1) is 11.3. The largest absolute Gasteiger partial charge is 0.310 e. The minimum Gasteiger partial charge on any atom is -0.310 e. The first-order valence-corrected chi connectivity index (χ1v) is 8.86. The van der Waals surface area contributed by atoms with Gasteiger partial charge in [0.25, 0.3) is 0 Å². The van der Waals surface area contributed by atoms with Crippen molar-refractivity contribution in [2.24, 2.45) is 0 Å². The van der Waals surface area contributed by atoms with Gasteiger partial charge >= 0.3 is 0 Å². The van der Waals surface area contributed by atoms with Crippen LogP contribution < -0.4 is 0 Å². The Labute approximate surface area is 140 Å². The Kier molecular flexibility index (Phi) is 3.97. The summed E-state index contributed by atoms with van der Waals surface area (Å²) in [7, 11) is 0. The fourth-order valence-corrected chi connectivity index (χ4v) is 4.05. The van der Waals surface area contributed by atoms with Crippen molar-refractivity contribution < 1.29 is 0 Å². The molecule has 23 heavy (non-hydrogen) atoms. The number of hydrogen-bond acceptors (Lipinski definition) is 4. The molecule has 118 valence electrons. The molecule has 0 spiro atoms. The highest BCUT2D eigenvalue weighted by atomic mass is 32.1. The molecule has 1 aliphatic rings. The van der Waals surface area contributed by atoms with Crippen LogP contribution in [0.25, 0.3) is 11.4 Å². The van der Waals surface area contributed by atoms with Crippen LogP contribution >= 0.6 is 11.3 Å². The van der Waals surface area contributed by atoms with Gasteiger partial charge in [-0.15, -0.1) is 21.5 Å². The molecule has 0 aliphatic carbocycles. The molecule has 0 amide bonds. The predicted octanol–water partition coefficient (Wildman–Crippen LogP) is 3.37. The van der Waals surface area contributed by atoms with E-state index in [2.05, 4.69) is 63.0 Å². The van der Waals surface area contributed by atoms with E-state index in [9.17, 15) is 0 Å². The summed E-state index contributed by atoms with van der Waals surface area (Å²) in [4.78, 5) is 5.36. The van der Waals surface area contributed by atoms with Gasteiger partial charge in [0, 0.05) is 47.9 Å². The summed E-state index contributed by atoms with van der Waals surface area (Å²) < 4.78 is 2.29. The zero-order valence-electron chi connectivity index (χ0n) is 13.3. The van der Waals surface area contributed by atoms with E-state index in [0.29, 0.717) is 0 Å². The molecule has 3 aromatic rings. The van der Waals surface area contributed by atoms with Gasteiger partial charge in [-0.25, -0.2) is 0 Å². The van der Waals surface area contributed by atoms with Crippen molar-refractivity contribution in [2.45, 2.75) is 26.4 Å². The lowest BCUT2D eigenvalue weighted by Gasteiger charge is -2.18. The van der Waals surface area contributed by atoms with E-state index >= 15 is 0 Å². The second-order valence-corrected chi connectivity index (χ2v) is 7.37. The van der Waals surface area contributed by atoms with Crippen LogP contribution in [0.15, 0.2) is 42.5 Å². The molecule has 3 heterocycles. The molecule has 1 aromatic carbocycles. The summed E-state index contributed by atoms with van der Waals surface area (Å²) in [6.45, 7) is 6.25. The summed E-state index contributed by atoms with van der Waals surface area (Å²) in [5.74, 6) is 2.10. The summed E-state index contributed by atoms with van der Waals surface area (Å²) in [5.41, 5.74) is 1.15.